The molecule has 1 aromatic carbocycles. The van der Waals surface area contributed by atoms with E-state index in [4.69, 9.17) is 4.74 Å². The smallest absolute Gasteiger partial charge is 0.0716 e. The lowest BCUT2D eigenvalue weighted by Crippen LogP contribution is -2.24. The first-order valence-corrected chi connectivity index (χ1v) is 6.15. The fourth-order valence-corrected chi connectivity index (χ4v) is 1.75. The molecule has 0 radical (unpaired) electrons. The van der Waals surface area contributed by atoms with E-state index in [0.29, 0.717) is 6.04 Å². The molecule has 0 saturated heterocycles. The first kappa shape index (κ1) is 13.2. The van der Waals surface area contributed by atoms with Gasteiger partial charge in [-0.15, -0.1) is 0 Å². The van der Waals surface area contributed by atoms with E-state index in [2.05, 4.69) is 24.4 Å². The molecule has 0 aliphatic carbocycles. The Morgan fingerprint density at radius 1 is 1.25 bits per heavy atom. The summed E-state index contributed by atoms with van der Waals surface area (Å²) >= 11 is 0. The summed E-state index contributed by atoms with van der Waals surface area (Å²) in [6.45, 7) is 3.80. The van der Waals surface area contributed by atoms with Gasteiger partial charge in [0.2, 0.25) is 0 Å². The van der Waals surface area contributed by atoms with E-state index in [1.807, 2.05) is 25.2 Å². The van der Waals surface area contributed by atoms with Crippen LogP contribution in [0.3, 0.4) is 0 Å². The Morgan fingerprint density at radius 3 is 2.62 bits per heavy atom. The van der Waals surface area contributed by atoms with E-state index in [1.165, 1.54) is 18.4 Å². The van der Waals surface area contributed by atoms with Crippen molar-refractivity contribution in [1.82, 2.24) is 5.32 Å². The zero-order chi connectivity index (χ0) is 11.6. The third-order valence-corrected chi connectivity index (χ3v) is 2.85. The lowest BCUT2D eigenvalue weighted by atomic mass is 10.1. The third kappa shape index (κ3) is 5.29. The van der Waals surface area contributed by atoms with E-state index < -0.39 is 0 Å². The van der Waals surface area contributed by atoms with Gasteiger partial charge >= 0.3 is 0 Å². The SMILES string of the molecule is CCC(CCCOCc1ccccc1)NC. The predicted octanol–water partition coefficient (Wildman–Crippen LogP) is 2.98. The molecule has 0 aromatic heterocycles. The topological polar surface area (TPSA) is 21.3 Å². The number of hydrogen-bond acceptors (Lipinski definition) is 2. The van der Waals surface area contributed by atoms with Gasteiger partial charge in [0, 0.05) is 12.6 Å². The van der Waals surface area contributed by atoms with Crippen molar-refractivity contribution < 1.29 is 4.74 Å². The molecule has 1 rings (SSSR count). The van der Waals surface area contributed by atoms with E-state index in [1.54, 1.807) is 0 Å². The number of benzene rings is 1. The van der Waals surface area contributed by atoms with Crippen LogP contribution in [0.5, 0.6) is 0 Å². The minimum absolute atomic E-state index is 0.639. The third-order valence-electron chi connectivity index (χ3n) is 2.85. The van der Waals surface area contributed by atoms with E-state index in [-0.39, 0.29) is 0 Å². The zero-order valence-corrected chi connectivity index (χ0v) is 10.4. The van der Waals surface area contributed by atoms with Gasteiger partial charge in [-0.2, -0.15) is 0 Å². The maximum absolute atomic E-state index is 5.63. The van der Waals surface area contributed by atoms with Crippen LogP contribution in [0.25, 0.3) is 0 Å². The lowest BCUT2D eigenvalue weighted by Gasteiger charge is -2.13. The van der Waals surface area contributed by atoms with Gasteiger partial charge in [-0.3, -0.25) is 0 Å². The summed E-state index contributed by atoms with van der Waals surface area (Å²) in [5.41, 5.74) is 1.25. The van der Waals surface area contributed by atoms with Gasteiger partial charge in [0.1, 0.15) is 0 Å². The summed E-state index contributed by atoms with van der Waals surface area (Å²) in [6.07, 6.45) is 3.52. The molecule has 0 fully saturated rings. The van der Waals surface area contributed by atoms with Crippen LogP contribution in [0, 0.1) is 0 Å². The van der Waals surface area contributed by atoms with E-state index in [0.717, 1.165) is 19.6 Å². The second-order valence-corrected chi connectivity index (χ2v) is 4.07. The molecule has 1 N–H and O–H groups in total. The molecule has 2 heteroatoms. The van der Waals surface area contributed by atoms with Crippen LogP contribution in [-0.4, -0.2) is 19.7 Å². The minimum Gasteiger partial charge on any atom is -0.377 e. The van der Waals surface area contributed by atoms with Crippen LogP contribution in [0.1, 0.15) is 31.7 Å². The quantitative estimate of drug-likeness (QED) is 0.681. The highest BCUT2D eigenvalue weighted by Gasteiger charge is 2.01. The van der Waals surface area contributed by atoms with Crippen molar-refractivity contribution >= 4 is 0 Å². The Morgan fingerprint density at radius 2 is 2.00 bits per heavy atom. The molecule has 0 amide bonds. The van der Waals surface area contributed by atoms with Gasteiger partial charge < -0.3 is 10.1 Å². The maximum Gasteiger partial charge on any atom is 0.0716 e. The first-order chi connectivity index (χ1) is 7.86. The Labute approximate surface area is 99.0 Å². The van der Waals surface area contributed by atoms with Crippen molar-refractivity contribution in [2.24, 2.45) is 0 Å². The van der Waals surface area contributed by atoms with Gasteiger partial charge in [-0.05, 0) is 31.9 Å². The monoisotopic (exact) mass is 221 g/mol. The number of ether oxygens (including phenoxy) is 1. The predicted molar refractivity (Wildman–Crippen MR) is 68.5 cm³/mol. The van der Waals surface area contributed by atoms with E-state index in [9.17, 15) is 0 Å². The van der Waals surface area contributed by atoms with Crippen molar-refractivity contribution in [1.29, 1.82) is 0 Å². The van der Waals surface area contributed by atoms with Gasteiger partial charge in [-0.25, -0.2) is 0 Å². The molecule has 0 bridgehead atoms. The normalized spacial score (nSPS) is 12.6. The molecule has 1 unspecified atom stereocenters. The van der Waals surface area contributed by atoms with E-state index >= 15 is 0 Å². The molecule has 2 nitrogen and oxygen atoms in total. The Kier molecular flexibility index (Phi) is 6.86. The van der Waals surface area contributed by atoms with Crippen LogP contribution in [0.2, 0.25) is 0 Å². The summed E-state index contributed by atoms with van der Waals surface area (Å²) in [5.74, 6) is 0. The van der Waals surface area contributed by atoms with Crippen molar-refractivity contribution in [3.63, 3.8) is 0 Å². The number of hydrogen-bond donors (Lipinski definition) is 1. The summed E-state index contributed by atoms with van der Waals surface area (Å²) in [6, 6.07) is 11.0. The van der Waals surface area contributed by atoms with Gasteiger partial charge in [0.25, 0.3) is 0 Å². The molecule has 0 heterocycles. The summed E-state index contributed by atoms with van der Waals surface area (Å²) < 4.78 is 5.63. The Bertz CT molecular complexity index is 257. The maximum atomic E-state index is 5.63. The molecular formula is C14H23NO. The Balaban J connectivity index is 2.04. The van der Waals surface area contributed by atoms with Crippen molar-refractivity contribution in [3.8, 4) is 0 Å². The zero-order valence-electron chi connectivity index (χ0n) is 10.4. The molecule has 16 heavy (non-hydrogen) atoms. The highest BCUT2D eigenvalue weighted by molar-refractivity contribution is 5.13. The van der Waals surface area contributed by atoms with Crippen LogP contribution < -0.4 is 5.32 Å². The fourth-order valence-electron chi connectivity index (χ4n) is 1.75. The molecular weight excluding hydrogens is 198 g/mol. The fraction of sp³-hybridized carbons (Fsp3) is 0.571. The van der Waals surface area contributed by atoms with Crippen molar-refractivity contribution in [2.45, 2.75) is 38.8 Å². The van der Waals surface area contributed by atoms with Crippen LogP contribution in [0.15, 0.2) is 30.3 Å². The second-order valence-electron chi connectivity index (χ2n) is 4.07. The molecule has 0 aliphatic rings. The van der Waals surface area contributed by atoms with Crippen molar-refractivity contribution in [2.75, 3.05) is 13.7 Å². The summed E-state index contributed by atoms with van der Waals surface area (Å²) in [7, 11) is 2.03. The first-order valence-electron chi connectivity index (χ1n) is 6.15. The standard InChI is InChI=1S/C14H23NO/c1-3-14(15-2)10-7-11-16-12-13-8-5-4-6-9-13/h4-6,8-9,14-15H,3,7,10-12H2,1-2H3. The second kappa shape index (κ2) is 8.31. The molecule has 1 atom stereocenters. The summed E-state index contributed by atoms with van der Waals surface area (Å²) in [5, 5.41) is 3.30. The van der Waals surface area contributed by atoms with Gasteiger partial charge in [0.05, 0.1) is 6.61 Å². The van der Waals surface area contributed by atoms with Crippen LogP contribution in [-0.2, 0) is 11.3 Å². The Hall–Kier alpha value is -0.860. The minimum atomic E-state index is 0.639. The molecule has 0 aliphatic heterocycles. The van der Waals surface area contributed by atoms with Gasteiger partial charge in [-0.1, -0.05) is 37.3 Å². The molecule has 0 saturated carbocycles. The average molecular weight is 221 g/mol. The van der Waals surface area contributed by atoms with Crippen LogP contribution in [0.4, 0.5) is 0 Å². The largest absolute Gasteiger partial charge is 0.377 e. The summed E-state index contributed by atoms with van der Waals surface area (Å²) in [4.78, 5) is 0. The number of rotatable bonds is 8. The lowest BCUT2D eigenvalue weighted by molar-refractivity contribution is 0.115. The molecule has 1 aromatic rings. The highest BCUT2D eigenvalue weighted by Crippen LogP contribution is 2.04. The molecule has 0 spiro atoms. The van der Waals surface area contributed by atoms with Crippen LogP contribution >= 0.6 is 0 Å². The average Bonchev–Trinajstić information content (AvgIpc) is 2.35. The number of nitrogens with one attached hydrogen (secondary N) is 1. The highest BCUT2D eigenvalue weighted by atomic mass is 16.5. The molecule has 90 valence electrons. The van der Waals surface area contributed by atoms with Gasteiger partial charge in [0.15, 0.2) is 0 Å². The van der Waals surface area contributed by atoms with Crippen molar-refractivity contribution in [3.05, 3.63) is 35.9 Å².